The molecule has 9 heteroatoms. The predicted molar refractivity (Wildman–Crippen MR) is 77.3 cm³/mol. The van der Waals surface area contributed by atoms with Crippen molar-refractivity contribution < 1.29 is 17.6 Å². The average Bonchev–Trinajstić information content (AvgIpc) is 3.14. The van der Waals surface area contributed by atoms with Crippen LogP contribution in [0.4, 0.5) is 17.6 Å². The van der Waals surface area contributed by atoms with E-state index in [1.165, 1.54) is 4.52 Å². The van der Waals surface area contributed by atoms with E-state index >= 15 is 0 Å². The van der Waals surface area contributed by atoms with Crippen molar-refractivity contribution >= 4 is 17.2 Å². The first-order chi connectivity index (χ1) is 11.3. The van der Waals surface area contributed by atoms with E-state index in [0.29, 0.717) is 24.3 Å². The Morgan fingerprint density at radius 2 is 1.96 bits per heavy atom. The molecule has 0 N–H and O–H groups in total. The topological polar surface area (TPSA) is 43.1 Å². The summed E-state index contributed by atoms with van der Waals surface area (Å²) in [6.45, 7) is 0. The summed E-state index contributed by atoms with van der Waals surface area (Å²) in [5.41, 5.74) is 0.319. The Bertz CT molecular complexity index is 937. The second-order valence-electron chi connectivity index (χ2n) is 5.66. The Kier molecular flexibility index (Phi) is 3.28. The molecule has 0 aliphatic heterocycles. The maximum atomic E-state index is 14.1. The lowest BCUT2D eigenvalue weighted by atomic mass is 10.1. The van der Waals surface area contributed by atoms with E-state index in [1.54, 1.807) is 18.5 Å². The number of alkyl halides is 3. The Labute approximate surface area is 138 Å². The normalized spacial score (nSPS) is 20.5. The molecule has 1 fully saturated rings. The van der Waals surface area contributed by atoms with Gasteiger partial charge in [-0.1, -0.05) is 11.6 Å². The number of fused-ring (bicyclic) bond motifs is 1. The Morgan fingerprint density at radius 1 is 1.17 bits per heavy atom. The highest BCUT2D eigenvalue weighted by Gasteiger charge is 2.44. The van der Waals surface area contributed by atoms with Crippen molar-refractivity contribution in [1.29, 1.82) is 0 Å². The smallest absolute Gasteiger partial charge is 0.257 e. The van der Waals surface area contributed by atoms with Crippen molar-refractivity contribution in [2.45, 2.75) is 24.4 Å². The van der Waals surface area contributed by atoms with E-state index in [-0.39, 0.29) is 22.7 Å². The van der Waals surface area contributed by atoms with Crippen molar-refractivity contribution in [3.8, 4) is 0 Å². The van der Waals surface area contributed by atoms with E-state index in [4.69, 9.17) is 11.6 Å². The zero-order valence-corrected chi connectivity index (χ0v) is 12.7. The van der Waals surface area contributed by atoms with Crippen LogP contribution in [-0.2, 0) is 6.18 Å². The van der Waals surface area contributed by atoms with E-state index in [2.05, 4.69) is 15.1 Å². The largest absolute Gasteiger partial charge is 0.417 e. The predicted octanol–water partition coefficient (Wildman–Crippen LogP) is 4.21. The first-order valence-corrected chi connectivity index (χ1v) is 7.45. The van der Waals surface area contributed by atoms with Gasteiger partial charge in [0.2, 0.25) is 0 Å². The Morgan fingerprint density at radius 3 is 2.67 bits per heavy atom. The molecule has 0 unspecified atom stereocenters. The van der Waals surface area contributed by atoms with Crippen LogP contribution in [-0.4, -0.2) is 19.6 Å². The van der Waals surface area contributed by atoms with Crippen LogP contribution in [0.3, 0.4) is 0 Å². The summed E-state index contributed by atoms with van der Waals surface area (Å²) in [7, 11) is 0. The molecule has 4 nitrogen and oxygen atoms in total. The number of hydrogen-bond donors (Lipinski definition) is 0. The van der Waals surface area contributed by atoms with E-state index in [0.717, 1.165) is 5.56 Å². The van der Waals surface area contributed by atoms with Gasteiger partial charge >= 0.3 is 6.18 Å². The van der Waals surface area contributed by atoms with Gasteiger partial charge in [0, 0.05) is 30.1 Å². The lowest BCUT2D eigenvalue weighted by Gasteiger charge is -2.08. The van der Waals surface area contributed by atoms with Gasteiger partial charge in [-0.25, -0.2) is 13.9 Å². The molecule has 4 rings (SSSR count). The minimum atomic E-state index is -4.62. The van der Waals surface area contributed by atoms with Crippen molar-refractivity contribution in [1.82, 2.24) is 19.6 Å². The molecule has 1 saturated carbocycles. The highest BCUT2D eigenvalue weighted by atomic mass is 35.5. The first kappa shape index (κ1) is 15.3. The fourth-order valence-electron chi connectivity index (χ4n) is 2.90. The number of halogens is 5. The summed E-state index contributed by atoms with van der Waals surface area (Å²) in [6.07, 6.45) is -0.178. The van der Waals surface area contributed by atoms with Crippen LogP contribution in [0.25, 0.3) is 5.65 Å². The second-order valence-corrected chi connectivity index (χ2v) is 6.04. The second kappa shape index (κ2) is 5.14. The first-order valence-electron chi connectivity index (χ1n) is 7.07. The summed E-state index contributed by atoms with van der Waals surface area (Å²) in [6, 6.07) is 2.14. The van der Waals surface area contributed by atoms with Gasteiger partial charge in [0.1, 0.15) is 11.0 Å². The molecule has 0 bridgehead atoms. The molecule has 0 amide bonds. The standard InChI is InChI=1S/C15H9ClF4N4/c16-12-5-10(14-21-1-2-24(14)23-12)8-4-9(8)13-11(17)3-7(6-22-13)15(18,19)20/h1-3,5-6,8-9H,4H2/t8-,9-/m0/s1. The quantitative estimate of drug-likeness (QED) is 0.646. The molecular weight excluding hydrogens is 348 g/mol. The average molecular weight is 357 g/mol. The minimum absolute atomic E-state index is 0.0330. The summed E-state index contributed by atoms with van der Waals surface area (Å²) in [5.74, 6) is -1.35. The third-order valence-electron chi connectivity index (χ3n) is 4.10. The van der Waals surface area contributed by atoms with Crippen LogP contribution in [0.2, 0.25) is 5.15 Å². The van der Waals surface area contributed by atoms with Crippen molar-refractivity contribution in [2.24, 2.45) is 0 Å². The van der Waals surface area contributed by atoms with Gasteiger partial charge in [0.25, 0.3) is 0 Å². The summed E-state index contributed by atoms with van der Waals surface area (Å²) in [5, 5.41) is 4.33. The van der Waals surface area contributed by atoms with Gasteiger partial charge in [-0.05, 0) is 24.5 Å². The van der Waals surface area contributed by atoms with Crippen molar-refractivity contribution in [2.75, 3.05) is 0 Å². The van der Waals surface area contributed by atoms with Gasteiger partial charge < -0.3 is 0 Å². The fraction of sp³-hybridized carbons (Fsp3) is 0.267. The zero-order valence-electron chi connectivity index (χ0n) is 11.9. The molecule has 0 saturated heterocycles. The van der Waals surface area contributed by atoms with Crippen LogP contribution >= 0.6 is 11.6 Å². The minimum Gasteiger partial charge on any atom is -0.257 e. The van der Waals surface area contributed by atoms with Crippen molar-refractivity contribution in [3.63, 3.8) is 0 Å². The number of rotatable bonds is 2. The number of imidazole rings is 1. The fourth-order valence-corrected chi connectivity index (χ4v) is 3.10. The highest BCUT2D eigenvalue weighted by molar-refractivity contribution is 6.29. The molecule has 1 aliphatic carbocycles. The van der Waals surface area contributed by atoms with Crippen molar-refractivity contribution in [3.05, 3.63) is 58.5 Å². The van der Waals surface area contributed by atoms with Crippen LogP contribution in [0, 0.1) is 5.82 Å². The van der Waals surface area contributed by atoms with Gasteiger partial charge in [-0.2, -0.15) is 18.3 Å². The highest BCUT2D eigenvalue weighted by Crippen LogP contribution is 2.55. The Hall–Kier alpha value is -2.22. The lowest BCUT2D eigenvalue weighted by molar-refractivity contribution is -0.138. The van der Waals surface area contributed by atoms with Crippen LogP contribution < -0.4 is 0 Å². The molecule has 3 aromatic heterocycles. The molecule has 1 aliphatic rings. The zero-order chi connectivity index (χ0) is 17.1. The van der Waals surface area contributed by atoms with Crippen LogP contribution in [0.5, 0.6) is 0 Å². The monoisotopic (exact) mass is 356 g/mol. The Balaban J connectivity index is 1.68. The molecule has 2 atom stereocenters. The van der Waals surface area contributed by atoms with Gasteiger partial charge in [-0.15, -0.1) is 0 Å². The van der Waals surface area contributed by atoms with Crippen LogP contribution in [0.15, 0.2) is 30.7 Å². The summed E-state index contributed by atoms with van der Waals surface area (Å²) in [4.78, 5) is 7.90. The number of hydrogen-bond acceptors (Lipinski definition) is 3. The molecule has 0 radical (unpaired) electrons. The maximum absolute atomic E-state index is 14.1. The number of aromatic nitrogens is 4. The molecule has 0 aromatic carbocycles. The van der Waals surface area contributed by atoms with E-state index in [9.17, 15) is 17.6 Å². The van der Waals surface area contributed by atoms with E-state index in [1.807, 2.05) is 0 Å². The third-order valence-corrected chi connectivity index (χ3v) is 4.28. The molecule has 3 heterocycles. The molecule has 3 aromatic rings. The molecule has 0 spiro atoms. The van der Waals surface area contributed by atoms with Crippen LogP contribution in [0.1, 0.15) is 35.1 Å². The SMILES string of the molecule is Fc1cc(C(F)(F)F)cnc1[C@H]1C[C@@H]1c1cc(Cl)nn2ccnc12. The molecule has 24 heavy (non-hydrogen) atoms. The summed E-state index contributed by atoms with van der Waals surface area (Å²) < 4.78 is 53.4. The number of pyridine rings is 1. The van der Waals surface area contributed by atoms with Gasteiger partial charge in [0.15, 0.2) is 5.65 Å². The van der Waals surface area contributed by atoms with Gasteiger partial charge in [0.05, 0.1) is 11.3 Å². The molecular formula is C15H9ClF4N4. The summed E-state index contributed by atoms with van der Waals surface area (Å²) >= 11 is 5.97. The number of nitrogens with zero attached hydrogens (tertiary/aromatic N) is 4. The van der Waals surface area contributed by atoms with E-state index < -0.39 is 17.6 Å². The lowest BCUT2D eigenvalue weighted by Crippen LogP contribution is -2.08. The van der Waals surface area contributed by atoms with Gasteiger partial charge in [-0.3, -0.25) is 4.98 Å². The third kappa shape index (κ3) is 2.50. The maximum Gasteiger partial charge on any atom is 0.417 e. The molecule has 124 valence electrons.